The third-order valence-electron chi connectivity index (χ3n) is 9.43. The zero-order chi connectivity index (χ0) is 32.6. The van der Waals surface area contributed by atoms with E-state index in [1.165, 1.54) is 10.5 Å². The Morgan fingerprint density at radius 3 is 2.17 bits per heavy atom. The predicted molar refractivity (Wildman–Crippen MR) is 179 cm³/mol. The number of methoxy groups -OCH3 is 1. The van der Waals surface area contributed by atoms with Crippen LogP contribution in [0.3, 0.4) is 0 Å². The Hall–Kier alpha value is -4.67. The molecule has 10 heteroatoms. The van der Waals surface area contributed by atoms with Gasteiger partial charge in [0.1, 0.15) is 12.4 Å². The molecule has 0 radical (unpaired) electrons. The van der Waals surface area contributed by atoms with E-state index >= 15 is 0 Å². The SMILES string of the molecule is COc1ccc(CCN2C(=O)NCC2(NS(=O)(=O)CC(=O)OCC2c3ccccc3-c3ccccc32)c2ccc(C3CC3)cc2)cc1. The molecule has 47 heavy (non-hydrogen) atoms. The lowest BCUT2D eigenvalue weighted by molar-refractivity contribution is -0.140. The van der Waals surface area contributed by atoms with Gasteiger partial charge in [0, 0.05) is 12.5 Å². The monoisotopic (exact) mass is 651 g/mol. The first kappa shape index (κ1) is 31.0. The highest BCUT2D eigenvalue weighted by Crippen LogP contribution is 2.45. The number of amides is 2. The molecule has 2 fully saturated rings. The number of fused-ring (bicyclic) bond motifs is 3. The summed E-state index contributed by atoms with van der Waals surface area (Å²) in [4.78, 5) is 28.0. The van der Waals surface area contributed by atoms with Crippen LogP contribution in [0.2, 0.25) is 0 Å². The minimum absolute atomic E-state index is 0.00113. The summed E-state index contributed by atoms with van der Waals surface area (Å²) in [6, 6.07) is 30.8. The summed E-state index contributed by atoms with van der Waals surface area (Å²) in [5.74, 6) is -0.701. The Kier molecular flexibility index (Phi) is 8.23. The molecule has 7 rings (SSSR count). The number of carbonyl (C=O) groups is 2. The molecule has 242 valence electrons. The van der Waals surface area contributed by atoms with Crippen molar-refractivity contribution < 1.29 is 27.5 Å². The van der Waals surface area contributed by atoms with E-state index in [9.17, 15) is 18.0 Å². The molecule has 1 saturated carbocycles. The van der Waals surface area contributed by atoms with Crippen LogP contribution in [0.4, 0.5) is 4.79 Å². The van der Waals surface area contributed by atoms with Crippen LogP contribution in [0.25, 0.3) is 11.1 Å². The third kappa shape index (κ3) is 6.23. The zero-order valence-electron chi connectivity index (χ0n) is 26.1. The first-order valence-corrected chi connectivity index (χ1v) is 17.6. The maximum atomic E-state index is 13.8. The maximum Gasteiger partial charge on any atom is 0.322 e. The van der Waals surface area contributed by atoms with E-state index in [1.54, 1.807) is 7.11 Å². The van der Waals surface area contributed by atoms with Crippen LogP contribution in [0.1, 0.15) is 52.5 Å². The molecule has 2 N–H and O–H groups in total. The lowest BCUT2D eigenvalue weighted by atomic mass is 9.97. The number of nitrogens with one attached hydrogen (secondary N) is 2. The summed E-state index contributed by atoms with van der Waals surface area (Å²) in [7, 11) is -2.68. The van der Waals surface area contributed by atoms with E-state index in [4.69, 9.17) is 9.47 Å². The highest BCUT2D eigenvalue weighted by atomic mass is 32.2. The molecular formula is C37H37N3O6S. The first-order valence-electron chi connectivity index (χ1n) is 15.9. The largest absolute Gasteiger partial charge is 0.497 e. The van der Waals surface area contributed by atoms with E-state index in [2.05, 4.69) is 10.0 Å². The van der Waals surface area contributed by atoms with Crippen LogP contribution in [0, 0.1) is 0 Å². The summed E-state index contributed by atoms with van der Waals surface area (Å²) in [5, 5.41) is 2.84. The van der Waals surface area contributed by atoms with Gasteiger partial charge in [0.2, 0.25) is 10.0 Å². The van der Waals surface area contributed by atoms with Crippen molar-refractivity contribution in [3.05, 3.63) is 125 Å². The molecule has 0 aromatic heterocycles. The van der Waals surface area contributed by atoms with Gasteiger partial charge in [0.15, 0.2) is 11.4 Å². The molecule has 1 atom stereocenters. The molecule has 1 aliphatic heterocycles. The van der Waals surface area contributed by atoms with Crippen LogP contribution in [-0.4, -0.2) is 57.9 Å². The second kappa shape index (κ2) is 12.5. The summed E-state index contributed by atoms with van der Waals surface area (Å²) in [6.45, 7) is 0.251. The van der Waals surface area contributed by atoms with Crippen LogP contribution in [-0.2, 0) is 31.6 Å². The number of benzene rings is 4. The van der Waals surface area contributed by atoms with E-state index < -0.39 is 33.4 Å². The number of hydrogen-bond acceptors (Lipinski definition) is 6. The van der Waals surface area contributed by atoms with Crippen molar-refractivity contribution in [1.82, 2.24) is 14.9 Å². The molecule has 2 aliphatic carbocycles. The number of esters is 1. The van der Waals surface area contributed by atoms with E-state index in [1.807, 2.05) is 97.1 Å². The number of ether oxygens (including phenoxy) is 2. The minimum Gasteiger partial charge on any atom is -0.497 e. The van der Waals surface area contributed by atoms with Crippen molar-refractivity contribution in [3.63, 3.8) is 0 Å². The molecule has 9 nitrogen and oxygen atoms in total. The summed E-state index contributed by atoms with van der Waals surface area (Å²) >= 11 is 0. The van der Waals surface area contributed by atoms with Crippen molar-refractivity contribution in [2.75, 3.05) is 32.6 Å². The van der Waals surface area contributed by atoms with Crippen molar-refractivity contribution in [2.24, 2.45) is 0 Å². The van der Waals surface area contributed by atoms with Gasteiger partial charge >= 0.3 is 12.0 Å². The van der Waals surface area contributed by atoms with Crippen LogP contribution in [0.15, 0.2) is 97.1 Å². The summed E-state index contributed by atoms with van der Waals surface area (Å²) < 4.78 is 41.2. The second-order valence-corrected chi connectivity index (χ2v) is 14.2. The molecule has 0 spiro atoms. The van der Waals surface area contributed by atoms with Gasteiger partial charge in [-0.25, -0.2) is 13.2 Å². The van der Waals surface area contributed by atoms with E-state index in [-0.39, 0.29) is 25.6 Å². The zero-order valence-corrected chi connectivity index (χ0v) is 27.0. The molecule has 2 amide bonds. The Bertz CT molecular complexity index is 1860. The van der Waals surface area contributed by atoms with Crippen LogP contribution < -0.4 is 14.8 Å². The fraction of sp³-hybridized carbons (Fsp3) is 0.297. The normalized spacial score (nSPS) is 18.8. The van der Waals surface area contributed by atoms with Gasteiger partial charge in [-0.05, 0) is 76.3 Å². The summed E-state index contributed by atoms with van der Waals surface area (Å²) in [6.07, 6.45) is 2.74. The van der Waals surface area contributed by atoms with Crippen molar-refractivity contribution in [2.45, 2.75) is 36.8 Å². The Morgan fingerprint density at radius 2 is 1.55 bits per heavy atom. The molecule has 3 aliphatic rings. The lowest BCUT2D eigenvalue weighted by Crippen LogP contribution is -2.58. The number of carbonyl (C=O) groups excluding carboxylic acids is 2. The number of hydrogen-bond donors (Lipinski definition) is 2. The summed E-state index contributed by atoms with van der Waals surface area (Å²) in [5.41, 5.74) is 5.58. The van der Waals surface area contributed by atoms with Crippen molar-refractivity contribution in [3.8, 4) is 16.9 Å². The van der Waals surface area contributed by atoms with Gasteiger partial charge in [-0.15, -0.1) is 0 Å². The van der Waals surface area contributed by atoms with E-state index in [0.29, 0.717) is 17.9 Å². The highest BCUT2D eigenvalue weighted by molar-refractivity contribution is 7.90. The molecule has 1 saturated heterocycles. The minimum atomic E-state index is -4.27. The van der Waals surface area contributed by atoms with Gasteiger partial charge < -0.3 is 14.8 Å². The number of rotatable bonds is 12. The fourth-order valence-electron chi connectivity index (χ4n) is 6.85. The van der Waals surface area contributed by atoms with Gasteiger partial charge in [0.25, 0.3) is 0 Å². The van der Waals surface area contributed by atoms with Crippen LogP contribution >= 0.6 is 0 Å². The van der Waals surface area contributed by atoms with Crippen LogP contribution in [0.5, 0.6) is 5.75 Å². The first-order chi connectivity index (χ1) is 22.8. The standard InChI is InChI=1S/C37H37N3O6S/c1-45-29-18-10-25(11-19-29)20-21-40-36(42)38-24-37(40,28-16-14-27(15-17-28)26-12-13-26)39-47(43,44)23-35(41)46-22-34-32-8-4-2-6-30(32)31-7-3-5-9-33(31)34/h2-11,14-19,26,34,39H,12-13,20-24H2,1H3,(H,38,42). The molecule has 1 heterocycles. The smallest absolute Gasteiger partial charge is 0.322 e. The number of sulfonamides is 1. The number of urea groups is 1. The Labute approximate surface area is 274 Å². The maximum absolute atomic E-state index is 13.8. The Balaban J connectivity index is 1.10. The van der Waals surface area contributed by atoms with Crippen molar-refractivity contribution >= 4 is 22.0 Å². The molecule has 4 aromatic rings. The molecule has 0 bridgehead atoms. The quantitative estimate of drug-likeness (QED) is 0.202. The highest BCUT2D eigenvalue weighted by Gasteiger charge is 2.49. The molecule has 1 unspecified atom stereocenters. The molecular weight excluding hydrogens is 614 g/mol. The topological polar surface area (TPSA) is 114 Å². The average Bonchev–Trinajstić information content (AvgIpc) is 3.82. The number of nitrogens with zero attached hydrogens (tertiary/aromatic N) is 1. The predicted octanol–water partition coefficient (Wildman–Crippen LogP) is 5.27. The van der Waals surface area contributed by atoms with Crippen molar-refractivity contribution in [1.29, 1.82) is 0 Å². The van der Waals surface area contributed by atoms with E-state index in [0.717, 1.165) is 46.4 Å². The van der Waals surface area contributed by atoms with Gasteiger partial charge in [-0.3, -0.25) is 9.69 Å². The van der Waals surface area contributed by atoms with Gasteiger partial charge in [-0.1, -0.05) is 84.9 Å². The van der Waals surface area contributed by atoms with Gasteiger partial charge in [0.05, 0.1) is 13.7 Å². The second-order valence-electron chi connectivity index (χ2n) is 12.4. The average molecular weight is 652 g/mol. The molecule has 4 aromatic carbocycles. The van der Waals surface area contributed by atoms with Gasteiger partial charge in [-0.2, -0.15) is 4.72 Å². The lowest BCUT2D eigenvalue weighted by Gasteiger charge is -2.38. The Morgan fingerprint density at radius 1 is 0.915 bits per heavy atom. The fourth-order valence-corrected chi connectivity index (χ4v) is 8.14. The third-order valence-corrected chi connectivity index (χ3v) is 10.7.